The molecule has 0 atom stereocenters. The van der Waals surface area contributed by atoms with Crippen LogP contribution in [0.4, 0.5) is 11.4 Å². The SMILES string of the molecule is Nc1ccc([N+](=O)[O-])cc1C(=O)N1CCC(O)(c2ccccc2)CC1. The zero-order valence-electron chi connectivity index (χ0n) is 13.6. The van der Waals surface area contributed by atoms with E-state index >= 15 is 0 Å². The lowest BCUT2D eigenvalue weighted by molar-refractivity contribution is -0.384. The molecule has 0 bridgehead atoms. The third-order valence-electron chi connectivity index (χ3n) is 4.67. The summed E-state index contributed by atoms with van der Waals surface area (Å²) in [5.74, 6) is -0.351. The lowest BCUT2D eigenvalue weighted by atomic mass is 9.84. The van der Waals surface area contributed by atoms with Crippen LogP contribution in [0.25, 0.3) is 0 Å². The number of likely N-dealkylation sites (tertiary alicyclic amines) is 1. The molecular formula is C18H19N3O4. The number of aliphatic hydroxyl groups is 1. The summed E-state index contributed by atoms with van der Waals surface area (Å²) >= 11 is 0. The van der Waals surface area contributed by atoms with Crippen LogP contribution in [0, 0.1) is 10.1 Å². The van der Waals surface area contributed by atoms with Gasteiger partial charge in [-0.2, -0.15) is 0 Å². The van der Waals surface area contributed by atoms with Crippen molar-refractivity contribution in [2.24, 2.45) is 0 Å². The van der Waals surface area contributed by atoms with Crippen LogP contribution in [0.5, 0.6) is 0 Å². The Kier molecular flexibility index (Phi) is 4.41. The highest BCUT2D eigenvalue weighted by atomic mass is 16.6. The molecule has 0 aromatic heterocycles. The molecule has 1 aliphatic heterocycles. The van der Waals surface area contributed by atoms with E-state index < -0.39 is 10.5 Å². The van der Waals surface area contributed by atoms with Gasteiger partial charge in [-0.1, -0.05) is 30.3 Å². The topological polar surface area (TPSA) is 110 Å². The van der Waals surface area contributed by atoms with Crippen molar-refractivity contribution in [2.75, 3.05) is 18.8 Å². The van der Waals surface area contributed by atoms with E-state index in [4.69, 9.17) is 5.73 Å². The van der Waals surface area contributed by atoms with Gasteiger partial charge in [0.05, 0.1) is 16.1 Å². The molecule has 1 heterocycles. The van der Waals surface area contributed by atoms with Crippen LogP contribution in [-0.2, 0) is 5.60 Å². The maximum absolute atomic E-state index is 12.7. The number of piperidine rings is 1. The molecule has 130 valence electrons. The van der Waals surface area contributed by atoms with E-state index in [0.29, 0.717) is 25.9 Å². The Balaban J connectivity index is 1.76. The zero-order valence-corrected chi connectivity index (χ0v) is 13.6. The van der Waals surface area contributed by atoms with E-state index in [-0.39, 0.29) is 22.8 Å². The minimum atomic E-state index is -0.966. The number of nitrogens with zero attached hydrogens (tertiary/aromatic N) is 2. The number of nitrogen functional groups attached to an aromatic ring is 1. The third kappa shape index (κ3) is 3.32. The summed E-state index contributed by atoms with van der Waals surface area (Å²) in [6.07, 6.45) is 0.801. The molecule has 3 N–H and O–H groups in total. The first-order valence-electron chi connectivity index (χ1n) is 8.02. The second kappa shape index (κ2) is 6.52. The Hall–Kier alpha value is -2.93. The second-order valence-electron chi connectivity index (χ2n) is 6.22. The number of nitro groups is 1. The Morgan fingerprint density at radius 1 is 1.16 bits per heavy atom. The molecule has 0 aliphatic carbocycles. The Bertz CT molecular complexity index is 799. The average molecular weight is 341 g/mol. The molecule has 1 saturated heterocycles. The van der Waals surface area contributed by atoms with E-state index in [9.17, 15) is 20.0 Å². The quantitative estimate of drug-likeness (QED) is 0.506. The highest BCUT2D eigenvalue weighted by Crippen LogP contribution is 2.33. The van der Waals surface area contributed by atoms with Crippen LogP contribution in [0.2, 0.25) is 0 Å². The van der Waals surface area contributed by atoms with Gasteiger partial charge in [0.15, 0.2) is 0 Å². The average Bonchev–Trinajstić information content (AvgIpc) is 2.63. The standard InChI is InChI=1S/C18H19N3O4/c19-16-7-6-14(21(24)25)12-15(16)17(22)20-10-8-18(23,9-11-20)13-4-2-1-3-5-13/h1-7,12,23H,8-11,19H2. The highest BCUT2D eigenvalue weighted by molar-refractivity contribution is 5.99. The lowest BCUT2D eigenvalue weighted by Gasteiger charge is -2.38. The predicted octanol–water partition coefficient (Wildman–Crippen LogP) is 2.30. The van der Waals surface area contributed by atoms with Crippen LogP contribution in [0.1, 0.15) is 28.8 Å². The molecule has 1 aliphatic rings. The number of nitrogens with two attached hydrogens (primary N) is 1. The predicted molar refractivity (Wildman–Crippen MR) is 93.0 cm³/mol. The number of amides is 1. The first-order chi connectivity index (χ1) is 11.9. The van der Waals surface area contributed by atoms with Gasteiger partial charge in [0.2, 0.25) is 0 Å². The van der Waals surface area contributed by atoms with Gasteiger partial charge in [-0.25, -0.2) is 0 Å². The fourth-order valence-corrected chi connectivity index (χ4v) is 3.13. The van der Waals surface area contributed by atoms with Crippen molar-refractivity contribution in [2.45, 2.75) is 18.4 Å². The minimum Gasteiger partial charge on any atom is -0.398 e. The van der Waals surface area contributed by atoms with Crippen molar-refractivity contribution < 1.29 is 14.8 Å². The van der Waals surface area contributed by atoms with Crippen molar-refractivity contribution in [1.29, 1.82) is 0 Å². The molecule has 0 radical (unpaired) electrons. The van der Waals surface area contributed by atoms with Gasteiger partial charge in [0.25, 0.3) is 11.6 Å². The molecule has 7 nitrogen and oxygen atoms in total. The fourth-order valence-electron chi connectivity index (χ4n) is 3.13. The van der Waals surface area contributed by atoms with Gasteiger partial charge in [0.1, 0.15) is 0 Å². The number of hydrogen-bond acceptors (Lipinski definition) is 5. The molecule has 0 spiro atoms. The maximum atomic E-state index is 12.7. The molecule has 2 aromatic carbocycles. The van der Waals surface area contributed by atoms with Crippen molar-refractivity contribution in [3.63, 3.8) is 0 Å². The Morgan fingerprint density at radius 2 is 1.80 bits per heavy atom. The van der Waals surface area contributed by atoms with E-state index in [1.165, 1.54) is 18.2 Å². The molecule has 7 heteroatoms. The van der Waals surface area contributed by atoms with Crippen LogP contribution < -0.4 is 5.73 Å². The first kappa shape index (κ1) is 16.9. The van der Waals surface area contributed by atoms with Crippen molar-refractivity contribution in [1.82, 2.24) is 4.90 Å². The first-order valence-corrected chi connectivity index (χ1v) is 8.02. The Morgan fingerprint density at radius 3 is 2.40 bits per heavy atom. The van der Waals surface area contributed by atoms with Gasteiger partial charge < -0.3 is 15.7 Å². The Labute approximate surface area is 144 Å². The van der Waals surface area contributed by atoms with Gasteiger partial charge in [-0.05, 0) is 24.5 Å². The van der Waals surface area contributed by atoms with E-state index in [2.05, 4.69) is 0 Å². The number of carbonyl (C=O) groups excluding carboxylic acids is 1. The van der Waals surface area contributed by atoms with E-state index in [0.717, 1.165) is 5.56 Å². The number of non-ortho nitro benzene ring substituents is 1. The lowest BCUT2D eigenvalue weighted by Crippen LogP contribution is -2.45. The smallest absolute Gasteiger partial charge is 0.270 e. The summed E-state index contributed by atoms with van der Waals surface area (Å²) in [6.45, 7) is 0.707. The number of benzene rings is 2. The summed E-state index contributed by atoms with van der Waals surface area (Å²) in [5.41, 5.74) is 5.85. The highest BCUT2D eigenvalue weighted by Gasteiger charge is 2.36. The largest absolute Gasteiger partial charge is 0.398 e. The zero-order chi connectivity index (χ0) is 18.0. The molecule has 1 amide bonds. The van der Waals surface area contributed by atoms with Crippen LogP contribution >= 0.6 is 0 Å². The molecule has 2 aromatic rings. The summed E-state index contributed by atoms with van der Waals surface area (Å²) in [4.78, 5) is 24.6. The second-order valence-corrected chi connectivity index (χ2v) is 6.22. The van der Waals surface area contributed by atoms with Gasteiger partial charge in [-0.15, -0.1) is 0 Å². The van der Waals surface area contributed by atoms with E-state index in [1.807, 2.05) is 30.3 Å². The number of anilines is 1. The molecule has 0 unspecified atom stereocenters. The van der Waals surface area contributed by atoms with Gasteiger partial charge in [-0.3, -0.25) is 14.9 Å². The summed E-state index contributed by atoms with van der Waals surface area (Å²) in [6, 6.07) is 13.2. The monoisotopic (exact) mass is 341 g/mol. The minimum absolute atomic E-state index is 0.124. The fraction of sp³-hybridized carbons (Fsp3) is 0.278. The summed E-state index contributed by atoms with van der Waals surface area (Å²) in [5, 5.41) is 21.7. The van der Waals surface area contributed by atoms with Gasteiger partial charge >= 0.3 is 0 Å². The summed E-state index contributed by atoms with van der Waals surface area (Å²) in [7, 11) is 0. The number of carbonyl (C=O) groups is 1. The van der Waals surface area contributed by atoms with Crippen LogP contribution in [0.15, 0.2) is 48.5 Å². The van der Waals surface area contributed by atoms with Crippen molar-refractivity contribution >= 4 is 17.3 Å². The molecular weight excluding hydrogens is 322 g/mol. The van der Waals surface area contributed by atoms with Gasteiger partial charge in [0, 0.05) is 30.9 Å². The molecule has 25 heavy (non-hydrogen) atoms. The normalized spacial score (nSPS) is 16.4. The van der Waals surface area contributed by atoms with Crippen molar-refractivity contribution in [3.8, 4) is 0 Å². The summed E-state index contributed by atoms with van der Waals surface area (Å²) < 4.78 is 0. The molecule has 0 saturated carbocycles. The number of nitro benzene ring substituents is 1. The van der Waals surface area contributed by atoms with E-state index in [1.54, 1.807) is 4.90 Å². The number of hydrogen-bond donors (Lipinski definition) is 2. The van der Waals surface area contributed by atoms with Crippen LogP contribution in [-0.4, -0.2) is 33.9 Å². The molecule has 1 fully saturated rings. The maximum Gasteiger partial charge on any atom is 0.270 e. The van der Waals surface area contributed by atoms with Crippen LogP contribution in [0.3, 0.4) is 0 Å². The molecule has 3 rings (SSSR count). The third-order valence-corrected chi connectivity index (χ3v) is 4.67. The van der Waals surface area contributed by atoms with Crippen molar-refractivity contribution in [3.05, 3.63) is 69.8 Å². The number of rotatable bonds is 3.